The number of nitrogens with zero attached hydrogens (tertiary/aromatic N) is 2. The molecule has 19 heavy (non-hydrogen) atoms. The van der Waals surface area contributed by atoms with E-state index in [1.54, 1.807) is 7.11 Å². The molecule has 1 unspecified atom stereocenters. The van der Waals surface area contributed by atoms with Crippen molar-refractivity contribution in [3.63, 3.8) is 0 Å². The second-order valence-corrected chi connectivity index (χ2v) is 5.22. The molecule has 0 aromatic carbocycles. The van der Waals surface area contributed by atoms with Crippen molar-refractivity contribution < 1.29 is 4.74 Å². The van der Waals surface area contributed by atoms with Crippen LogP contribution in [0.25, 0.3) is 0 Å². The van der Waals surface area contributed by atoms with E-state index in [-0.39, 0.29) is 0 Å². The summed E-state index contributed by atoms with van der Waals surface area (Å²) in [7, 11) is 1.75. The second kappa shape index (κ2) is 8.33. The van der Waals surface area contributed by atoms with Gasteiger partial charge in [-0.25, -0.2) is 0 Å². The molecular formula is C15H29N3O. The van der Waals surface area contributed by atoms with Crippen molar-refractivity contribution in [2.45, 2.75) is 53.0 Å². The highest BCUT2D eigenvalue weighted by Crippen LogP contribution is 2.19. The average molecular weight is 267 g/mol. The molecular weight excluding hydrogens is 238 g/mol. The summed E-state index contributed by atoms with van der Waals surface area (Å²) in [6.45, 7) is 11.6. The summed E-state index contributed by atoms with van der Waals surface area (Å²) in [5, 5.41) is 8.15. The molecule has 1 heterocycles. The first-order valence-corrected chi connectivity index (χ1v) is 7.36. The normalized spacial score (nSPS) is 12.9. The fraction of sp³-hybridized carbons (Fsp3) is 0.800. The first kappa shape index (κ1) is 16.2. The summed E-state index contributed by atoms with van der Waals surface area (Å²) in [5.41, 5.74) is 3.87. The van der Waals surface area contributed by atoms with Crippen LogP contribution in [0, 0.1) is 13.8 Å². The Bertz CT molecular complexity index is 374. The molecule has 0 spiro atoms. The third-order valence-corrected chi connectivity index (χ3v) is 3.61. The lowest BCUT2D eigenvalue weighted by Gasteiger charge is -2.14. The molecule has 4 heteroatoms. The zero-order valence-corrected chi connectivity index (χ0v) is 13.1. The van der Waals surface area contributed by atoms with Crippen molar-refractivity contribution in [2.24, 2.45) is 0 Å². The van der Waals surface area contributed by atoms with Crippen molar-refractivity contribution in [3.8, 4) is 0 Å². The van der Waals surface area contributed by atoms with E-state index in [2.05, 4.69) is 37.7 Å². The van der Waals surface area contributed by atoms with Gasteiger partial charge in [-0.2, -0.15) is 5.10 Å². The minimum absolute atomic E-state index is 0.399. The number of nitrogens with one attached hydrogen (secondary N) is 1. The minimum Gasteiger partial charge on any atom is -0.385 e. The highest BCUT2D eigenvalue weighted by molar-refractivity contribution is 5.25. The lowest BCUT2D eigenvalue weighted by molar-refractivity contribution is 0.178. The summed E-state index contributed by atoms with van der Waals surface area (Å²) in [6.07, 6.45) is 3.26. The van der Waals surface area contributed by atoms with Crippen molar-refractivity contribution in [1.82, 2.24) is 15.1 Å². The van der Waals surface area contributed by atoms with Crippen LogP contribution in [0.2, 0.25) is 0 Å². The van der Waals surface area contributed by atoms with Crippen LogP contribution in [0.4, 0.5) is 0 Å². The Hall–Kier alpha value is -0.870. The quantitative estimate of drug-likeness (QED) is 0.699. The van der Waals surface area contributed by atoms with E-state index in [1.165, 1.54) is 23.4 Å². The maximum Gasteiger partial charge on any atom is 0.0629 e. The summed E-state index contributed by atoms with van der Waals surface area (Å²) < 4.78 is 7.31. The van der Waals surface area contributed by atoms with Gasteiger partial charge in [0, 0.05) is 19.4 Å². The van der Waals surface area contributed by atoms with E-state index >= 15 is 0 Å². The lowest BCUT2D eigenvalue weighted by atomic mass is 10.1. The van der Waals surface area contributed by atoms with E-state index in [4.69, 9.17) is 9.84 Å². The molecule has 0 radical (unpaired) electrons. The van der Waals surface area contributed by atoms with Crippen molar-refractivity contribution in [3.05, 3.63) is 17.0 Å². The van der Waals surface area contributed by atoms with Crippen LogP contribution in [0.15, 0.2) is 0 Å². The van der Waals surface area contributed by atoms with Gasteiger partial charge in [0.15, 0.2) is 0 Å². The third kappa shape index (κ3) is 4.62. The lowest BCUT2D eigenvalue weighted by Crippen LogP contribution is -2.18. The van der Waals surface area contributed by atoms with Crippen LogP contribution in [0.5, 0.6) is 0 Å². The summed E-state index contributed by atoms with van der Waals surface area (Å²) in [5.74, 6) is 0. The molecule has 0 fully saturated rings. The van der Waals surface area contributed by atoms with Crippen LogP contribution in [0.3, 0.4) is 0 Å². The van der Waals surface area contributed by atoms with Crippen LogP contribution >= 0.6 is 0 Å². The molecule has 110 valence electrons. The fourth-order valence-corrected chi connectivity index (χ4v) is 2.41. The number of aryl methyl sites for hydroxylation is 1. The molecule has 1 N–H and O–H groups in total. The molecule has 0 amide bonds. The summed E-state index contributed by atoms with van der Waals surface area (Å²) in [6, 6.07) is 0.399. The van der Waals surface area contributed by atoms with E-state index in [9.17, 15) is 0 Å². The van der Waals surface area contributed by atoms with Crippen molar-refractivity contribution in [1.29, 1.82) is 0 Å². The van der Waals surface area contributed by atoms with Gasteiger partial charge in [-0.1, -0.05) is 6.92 Å². The highest BCUT2D eigenvalue weighted by Gasteiger charge is 2.15. The third-order valence-electron chi connectivity index (χ3n) is 3.61. The Morgan fingerprint density at radius 2 is 2.05 bits per heavy atom. The predicted molar refractivity (Wildman–Crippen MR) is 79.8 cm³/mol. The first-order chi connectivity index (χ1) is 9.11. The number of methoxy groups -OCH3 is 1. The predicted octanol–water partition coefficient (Wildman–Crippen LogP) is 2.64. The van der Waals surface area contributed by atoms with Gasteiger partial charge < -0.3 is 10.1 Å². The molecule has 4 nitrogen and oxygen atoms in total. The molecule has 0 aliphatic rings. The van der Waals surface area contributed by atoms with Gasteiger partial charge >= 0.3 is 0 Å². The molecule has 0 bridgehead atoms. The Balaban J connectivity index is 2.65. The second-order valence-electron chi connectivity index (χ2n) is 5.22. The van der Waals surface area contributed by atoms with Gasteiger partial charge in [-0.3, -0.25) is 4.68 Å². The molecule has 1 aromatic rings. The van der Waals surface area contributed by atoms with Crippen LogP contribution in [-0.4, -0.2) is 36.6 Å². The number of hydrogen-bond donors (Lipinski definition) is 1. The Kier molecular flexibility index (Phi) is 7.10. The minimum atomic E-state index is 0.399. The van der Waals surface area contributed by atoms with Gasteiger partial charge in [-0.15, -0.1) is 0 Å². The topological polar surface area (TPSA) is 39.1 Å². The van der Waals surface area contributed by atoms with Crippen LogP contribution < -0.4 is 5.32 Å². The Morgan fingerprint density at radius 3 is 2.68 bits per heavy atom. The van der Waals surface area contributed by atoms with Gasteiger partial charge in [0.1, 0.15) is 0 Å². The van der Waals surface area contributed by atoms with Gasteiger partial charge in [0.05, 0.1) is 11.7 Å². The number of hydrogen-bond acceptors (Lipinski definition) is 3. The van der Waals surface area contributed by atoms with Crippen LogP contribution in [0.1, 0.15) is 49.7 Å². The standard InChI is InChI=1S/C15H29N3O/c1-6-9-16-10-7-15-13(3)17-18(14(15)4)12(2)8-11-19-5/h12,16H,6-11H2,1-5H3. The van der Waals surface area contributed by atoms with E-state index < -0.39 is 0 Å². The zero-order valence-electron chi connectivity index (χ0n) is 13.1. The maximum absolute atomic E-state index is 5.15. The molecule has 0 aliphatic heterocycles. The number of ether oxygens (including phenoxy) is 1. The molecule has 0 saturated heterocycles. The summed E-state index contributed by atoms with van der Waals surface area (Å²) in [4.78, 5) is 0. The van der Waals surface area contributed by atoms with E-state index in [1.807, 2.05) is 0 Å². The van der Waals surface area contributed by atoms with E-state index in [0.29, 0.717) is 6.04 Å². The van der Waals surface area contributed by atoms with Crippen LogP contribution in [-0.2, 0) is 11.2 Å². The van der Waals surface area contributed by atoms with Crippen molar-refractivity contribution in [2.75, 3.05) is 26.8 Å². The largest absolute Gasteiger partial charge is 0.385 e. The highest BCUT2D eigenvalue weighted by atomic mass is 16.5. The average Bonchev–Trinajstić information content (AvgIpc) is 2.68. The SMILES string of the molecule is CCCNCCc1c(C)nn(C(C)CCOC)c1C. The fourth-order valence-electron chi connectivity index (χ4n) is 2.41. The molecule has 1 aromatic heterocycles. The molecule has 0 saturated carbocycles. The number of aromatic nitrogens is 2. The molecule has 1 atom stereocenters. The number of rotatable bonds is 9. The van der Waals surface area contributed by atoms with Gasteiger partial charge in [0.2, 0.25) is 0 Å². The smallest absolute Gasteiger partial charge is 0.0629 e. The Morgan fingerprint density at radius 1 is 1.32 bits per heavy atom. The van der Waals surface area contributed by atoms with Crippen molar-refractivity contribution >= 4 is 0 Å². The van der Waals surface area contributed by atoms with Gasteiger partial charge in [0.25, 0.3) is 0 Å². The van der Waals surface area contributed by atoms with E-state index in [0.717, 1.165) is 32.5 Å². The monoisotopic (exact) mass is 267 g/mol. The van der Waals surface area contributed by atoms with Gasteiger partial charge in [-0.05, 0) is 58.7 Å². The first-order valence-electron chi connectivity index (χ1n) is 7.36. The Labute approximate surface area is 117 Å². The zero-order chi connectivity index (χ0) is 14.3. The summed E-state index contributed by atoms with van der Waals surface area (Å²) >= 11 is 0. The molecule has 1 rings (SSSR count). The molecule has 0 aliphatic carbocycles. The maximum atomic E-state index is 5.15.